The Morgan fingerprint density at radius 2 is 2.04 bits per heavy atom. The first-order valence-electron chi connectivity index (χ1n) is 8.59. The SMILES string of the molecule is CNC(=O)/C(C#N)=C\c1cc(C)n(-c2sc3c(c2C#N)CCCC3)c1C. The van der Waals surface area contributed by atoms with Gasteiger partial charge in [-0.3, -0.25) is 4.79 Å². The fourth-order valence-corrected chi connectivity index (χ4v) is 4.96. The number of nitriles is 2. The average Bonchev–Trinajstić information content (AvgIpc) is 3.15. The van der Waals surface area contributed by atoms with Gasteiger partial charge < -0.3 is 9.88 Å². The number of carbonyl (C=O) groups is 1. The molecule has 0 aliphatic heterocycles. The highest BCUT2D eigenvalue weighted by Gasteiger charge is 2.23. The summed E-state index contributed by atoms with van der Waals surface area (Å²) >= 11 is 1.69. The number of carbonyl (C=O) groups excluding carboxylic acids is 1. The Morgan fingerprint density at radius 3 is 2.69 bits per heavy atom. The van der Waals surface area contributed by atoms with Gasteiger partial charge in [-0.1, -0.05) is 0 Å². The van der Waals surface area contributed by atoms with Crippen molar-refractivity contribution >= 4 is 23.3 Å². The van der Waals surface area contributed by atoms with Crippen LogP contribution in [0.15, 0.2) is 11.6 Å². The van der Waals surface area contributed by atoms with E-state index in [1.54, 1.807) is 17.4 Å². The summed E-state index contributed by atoms with van der Waals surface area (Å²) in [5.74, 6) is -0.401. The monoisotopic (exact) mass is 364 g/mol. The first kappa shape index (κ1) is 18.0. The standard InChI is InChI=1S/C20H20N4OS/c1-12-8-14(9-15(10-21)19(25)23-3)13(2)24(12)20-17(11-22)16-6-4-5-7-18(16)26-20/h8-9H,4-7H2,1-3H3,(H,23,25)/b15-9-. The number of thiophene rings is 1. The molecule has 2 aromatic rings. The Hall–Kier alpha value is -2.83. The zero-order valence-electron chi connectivity index (χ0n) is 15.1. The number of aryl methyl sites for hydroxylation is 2. The number of fused-ring (bicyclic) bond motifs is 1. The van der Waals surface area contributed by atoms with E-state index in [0.29, 0.717) is 0 Å². The Morgan fingerprint density at radius 1 is 1.31 bits per heavy atom. The molecule has 26 heavy (non-hydrogen) atoms. The molecule has 0 fully saturated rings. The zero-order chi connectivity index (χ0) is 18.8. The summed E-state index contributed by atoms with van der Waals surface area (Å²) in [4.78, 5) is 13.1. The van der Waals surface area contributed by atoms with Crippen LogP contribution in [-0.2, 0) is 17.6 Å². The third-order valence-electron chi connectivity index (χ3n) is 4.83. The van der Waals surface area contributed by atoms with Gasteiger partial charge in [-0.05, 0) is 62.8 Å². The van der Waals surface area contributed by atoms with Crippen molar-refractivity contribution in [3.05, 3.63) is 44.6 Å². The summed E-state index contributed by atoms with van der Waals surface area (Å²) in [5.41, 5.74) is 4.77. The van der Waals surface area contributed by atoms with Gasteiger partial charge in [0.1, 0.15) is 22.7 Å². The summed E-state index contributed by atoms with van der Waals surface area (Å²) in [5, 5.41) is 22.4. The van der Waals surface area contributed by atoms with Crippen molar-refractivity contribution in [1.29, 1.82) is 10.5 Å². The molecule has 0 spiro atoms. The lowest BCUT2D eigenvalue weighted by molar-refractivity contribution is -0.116. The van der Waals surface area contributed by atoms with Crippen LogP contribution < -0.4 is 5.32 Å². The van der Waals surface area contributed by atoms with Crippen molar-refractivity contribution in [3.63, 3.8) is 0 Å². The Labute approximate surface area is 157 Å². The van der Waals surface area contributed by atoms with Crippen LogP contribution in [0.4, 0.5) is 0 Å². The lowest BCUT2D eigenvalue weighted by atomic mass is 9.96. The van der Waals surface area contributed by atoms with Crippen molar-refractivity contribution in [2.45, 2.75) is 39.5 Å². The number of nitrogens with zero attached hydrogens (tertiary/aromatic N) is 3. The van der Waals surface area contributed by atoms with Gasteiger partial charge in [0.25, 0.3) is 5.91 Å². The number of aromatic nitrogens is 1. The molecule has 3 rings (SSSR count). The first-order valence-corrected chi connectivity index (χ1v) is 9.41. The summed E-state index contributed by atoms with van der Waals surface area (Å²) in [6.07, 6.45) is 5.92. The van der Waals surface area contributed by atoms with Gasteiger partial charge in [-0.2, -0.15) is 10.5 Å². The second-order valence-electron chi connectivity index (χ2n) is 6.41. The third kappa shape index (κ3) is 2.94. The predicted molar refractivity (Wildman–Crippen MR) is 102 cm³/mol. The van der Waals surface area contributed by atoms with Gasteiger partial charge in [-0.15, -0.1) is 11.3 Å². The maximum absolute atomic E-state index is 11.8. The van der Waals surface area contributed by atoms with Crippen LogP contribution in [0.3, 0.4) is 0 Å². The van der Waals surface area contributed by atoms with Gasteiger partial charge in [0.2, 0.25) is 0 Å². The molecule has 0 unspecified atom stereocenters. The van der Waals surface area contributed by atoms with Gasteiger partial charge >= 0.3 is 0 Å². The molecule has 0 saturated carbocycles. The number of hydrogen-bond donors (Lipinski definition) is 1. The highest BCUT2D eigenvalue weighted by Crippen LogP contribution is 2.38. The van der Waals surface area contributed by atoms with Crippen LogP contribution >= 0.6 is 11.3 Å². The highest BCUT2D eigenvalue weighted by molar-refractivity contribution is 7.15. The number of amides is 1. The Kier molecular flexibility index (Phi) is 4.97. The van der Waals surface area contributed by atoms with Crippen LogP contribution in [-0.4, -0.2) is 17.5 Å². The molecule has 6 heteroatoms. The number of hydrogen-bond acceptors (Lipinski definition) is 4. The van der Waals surface area contributed by atoms with Crippen LogP contribution in [0.25, 0.3) is 11.1 Å². The molecular weight excluding hydrogens is 344 g/mol. The van der Waals surface area contributed by atoms with E-state index in [0.717, 1.165) is 46.8 Å². The van der Waals surface area contributed by atoms with E-state index < -0.39 is 5.91 Å². The van der Waals surface area contributed by atoms with E-state index >= 15 is 0 Å². The highest BCUT2D eigenvalue weighted by atomic mass is 32.1. The van der Waals surface area contributed by atoms with Crippen molar-refractivity contribution in [2.75, 3.05) is 7.05 Å². The smallest absolute Gasteiger partial charge is 0.261 e. The maximum Gasteiger partial charge on any atom is 0.261 e. The Bertz CT molecular complexity index is 995. The fraction of sp³-hybridized carbons (Fsp3) is 0.350. The fourth-order valence-electron chi connectivity index (χ4n) is 3.51. The number of likely N-dealkylation sites (N-methyl/N-ethyl adjacent to an activating group) is 1. The quantitative estimate of drug-likeness (QED) is 0.668. The van der Waals surface area contributed by atoms with E-state index in [4.69, 9.17) is 0 Å². The van der Waals surface area contributed by atoms with Crippen LogP contribution in [0.1, 0.15) is 45.8 Å². The maximum atomic E-state index is 11.8. The minimum absolute atomic E-state index is 0.0683. The molecule has 0 saturated heterocycles. The molecule has 1 N–H and O–H groups in total. The molecule has 0 bridgehead atoms. The molecule has 0 radical (unpaired) electrons. The lowest BCUT2D eigenvalue weighted by Gasteiger charge is -2.10. The zero-order valence-corrected chi connectivity index (χ0v) is 16.0. The Balaban J connectivity index is 2.15. The van der Waals surface area contributed by atoms with Crippen molar-refractivity contribution in [3.8, 4) is 17.1 Å². The normalized spacial score (nSPS) is 13.7. The molecule has 5 nitrogen and oxygen atoms in total. The van der Waals surface area contributed by atoms with Gasteiger partial charge in [0.15, 0.2) is 0 Å². The lowest BCUT2D eigenvalue weighted by Crippen LogP contribution is -2.19. The minimum atomic E-state index is -0.401. The van der Waals surface area contributed by atoms with Crippen molar-refractivity contribution < 1.29 is 4.79 Å². The van der Waals surface area contributed by atoms with E-state index in [9.17, 15) is 15.3 Å². The second kappa shape index (κ2) is 7.19. The van der Waals surface area contributed by atoms with Gasteiger partial charge in [-0.25, -0.2) is 0 Å². The summed E-state index contributed by atoms with van der Waals surface area (Å²) in [6, 6.07) is 6.31. The third-order valence-corrected chi connectivity index (χ3v) is 6.11. The number of nitrogens with one attached hydrogen (secondary N) is 1. The second-order valence-corrected chi connectivity index (χ2v) is 7.50. The first-order chi connectivity index (χ1) is 12.5. The molecule has 1 aliphatic rings. The van der Waals surface area contributed by atoms with E-state index in [2.05, 4.69) is 16.0 Å². The molecule has 0 aromatic carbocycles. The largest absolute Gasteiger partial charge is 0.354 e. The van der Waals surface area contributed by atoms with E-state index in [-0.39, 0.29) is 5.57 Å². The molecule has 2 heterocycles. The van der Waals surface area contributed by atoms with Crippen molar-refractivity contribution in [1.82, 2.24) is 9.88 Å². The predicted octanol–water partition coefficient (Wildman–Crippen LogP) is 3.56. The van der Waals surface area contributed by atoms with Gasteiger partial charge in [0, 0.05) is 23.3 Å². The van der Waals surface area contributed by atoms with Gasteiger partial charge in [0.05, 0.1) is 5.56 Å². The molecule has 2 aromatic heterocycles. The van der Waals surface area contributed by atoms with E-state index in [1.165, 1.54) is 23.9 Å². The summed E-state index contributed by atoms with van der Waals surface area (Å²) in [7, 11) is 1.51. The van der Waals surface area contributed by atoms with Crippen LogP contribution in [0.5, 0.6) is 0 Å². The van der Waals surface area contributed by atoms with Crippen LogP contribution in [0.2, 0.25) is 0 Å². The molecule has 1 aliphatic carbocycles. The molecule has 0 atom stereocenters. The molecular formula is C20H20N4OS. The minimum Gasteiger partial charge on any atom is -0.354 e. The molecule has 132 valence electrons. The number of rotatable bonds is 3. The van der Waals surface area contributed by atoms with Crippen LogP contribution in [0, 0.1) is 36.5 Å². The molecule has 1 amide bonds. The van der Waals surface area contributed by atoms with Crippen molar-refractivity contribution in [2.24, 2.45) is 0 Å². The summed E-state index contributed by atoms with van der Waals surface area (Å²) < 4.78 is 2.08. The van der Waals surface area contributed by atoms with E-state index in [1.807, 2.05) is 26.0 Å². The topological polar surface area (TPSA) is 81.6 Å². The summed E-state index contributed by atoms with van der Waals surface area (Å²) in [6.45, 7) is 3.94. The average molecular weight is 364 g/mol.